The largest absolute Gasteiger partial charge is 0.447 e. The van der Waals surface area contributed by atoms with Crippen molar-refractivity contribution in [2.45, 2.75) is 31.7 Å². The van der Waals surface area contributed by atoms with E-state index in [-0.39, 0.29) is 17.6 Å². The molecule has 1 aliphatic rings. The van der Waals surface area contributed by atoms with Gasteiger partial charge in [0, 0.05) is 28.9 Å². The van der Waals surface area contributed by atoms with E-state index in [0.29, 0.717) is 33.5 Å². The highest BCUT2D eigenvalue weighted by Gasteiger charge is 2.30. The van der Waals surface area contributed by atoms with E-state index in [0.717, 1.165) is 25.7 Å². The lowest BCUT2D eigenvalue weighted by Gasteiger charge is -2.31. The molecule has 8 heteroatoms. The average molecular weight is 441 g/mol. The molecular weight excluding hydrogens is 416 g/mol. The van der Waals surface area contributed by atoms with Crippen molar-refractivity contribution in [3.05, 3.63) is 53.4 Å². The average Bonchev–Trinajstić information content (AvgIpc) is 3.14. The quantitative estimate of drug-likeness (QED) is 0.595. The number of aromatic nitrogens is 1. The van der Waals surface area contributed by atoms with Crippen LogP contribution in [-0.2, 0) is 4.79 Å². The van der Waals surface area contributed by atoms with E-state index in [1.807, 2.05) is 0 Å². The molecule has 0 atom stereocenters. The van der Waals surface area contributed by atoms with Gasteiger partial charge < -0.3 is 20.0 Å². The molecule has 4 rings (SSSR count). The van der Waals surface area contributed by atoms with Crippen LogP contribution in [-0.4, -0.2) is 41.8 Å². The number of nitrogens with one attached hydrogen (secondary N) is 2. The molecule has 7 nitrogen and oxygen atoms in total. The van der Waals surface area contributed by atoms with Crippen LogP contribution in [0.3, 0.4) is 0 Å². The maximum absolute atomic E-state index is 13.0. The monoisotopic (exact) mass is 440 g/mol. The number of hydrogen-bond donors (Lipinski definition) is 2. The van der Waals surface area contributed by atoms with Gasteiger partial charge in [-0.15, -0.1) is 0 Å². The van der Waals surface area contributed by atoms with Crippen LogP contribution in [0.5, 0.6) is 0 Å². The standard InChI is InChI=1S/C23H25ClN4O3/c1-28(2)17-11-5-14(6-12-17)22(29)27-20-19-18(4-3-13-25-19)31-21(20)23(30)26-16-9-7-15(24)8-10-16/h3-4,7-10,13-14,17H,5-6,11-12H2,1-2H3,(H,26,30)(H,27,29). The third-order valence-corrected chi connectivity index (χ3v) is 6.05. The number of carbonyl (C=O) groups is 2. The molecule has 3 aromatic rings. The van der Waals surface area contributed by atoms with Crippen LogP contribution in [0.25, 0.3) is 11.1 Å². The number of nitrogens with zero attached hydrogens (tertiary/aromatic N) is 2. The molecule has 0 aliphatic heterocycles. The number of halogens is 1. The second-order valence-electron chi connectivity index (χ2n) is 8.08. The van der Waals surface area contributed by atoms with E-state index >= 15 is 0 Å². The van der Waals surface area contributed by atoms with E-state index in [1.54, 1.807) is 42.6 Å². The second-order valence-corrected chi connectivity index (χ2v) is 8.51. The Morgan fingerprint density at radius 1 is 1.06 bits per heavy atom. The van der Waals surface area contributed by atoms with Crippen molar-refractivity contribution < 1.29 is 14.0 Å². The molecule has 2 heterocycles. The van der Waals surface area contributed by atoms with Crippen molar-refractivity contribution >= 4 is 45.9 Å². The van der Waals surface area contributed by atoms with E-state index in [4.69, 9.17) is 16.0 Å². The van der Waals surface area contributed by atoms with Crippen LogP contribution in [0.1, 0.15) is 36.2 Å². The highest BCUT2D eigenvalue weighted by Crippen LogP contribution is 2.33. The first-order valence-corrected chi connectivity index (χ1v) is 10.7. The van der Waals surface area contributed by atoms with Crippen LogP contribution in [0.15, 0.2) is 47.0 Å². The Hall–Kier alpha value is -2.90. The number of amides is 2. The molecule has 162 valence electrons. The van der Waals surface area contributed by atoms with Crippen molar-refractivity contribution in [2.75, 3.05) is 24.7 Å². The Balaban J connectivity index is 1.56. The fourth-order valence-electron chi connectivity index (χ4n) is 4.01. The van der Waals surface area contributed by atoms with Crippen molar-refractivity contribution in [3.63, 3.8) is 0 Å². The van der Waals surface area contributed by atoms with Gasteiger partial charge in [0.05, 0.1) is 0 Å². The number of carbonyl (C=O) groups excluding carboxylic acids is 2. The van der Waals surface area contributed by atoms with Gasteiger partial charge >= 0.3 is 0 Å². The van der Waals surface area contributed by atoms with Gasteiger partial charge in [0.25, 0.3) is 5.91 Å². The molecule has 1 aliphatic carbocycles. The molecule has 0 spiro atoms. The van der Waals surface area contributed by atoms with E-state index in [9.17, 15) is 9.59 Å². The van der Waals surface area contributed by atoms with Gasteiger partial charge in [0.1, 0.15) is 11.2 Å². The number of furan rings is 1. The summed E-state index contributed by atoms with van der Waals surface area (Å²) in [6.07, 6.45) is 5.17. The molecule has 2 aromatic heterocycles. The minimum Gasteiger partial charge on any atom is -0.447 e. The van der Waals surface area contributed by atoms with Gasteiger partial charge in [-0.2, -0.15) is 0 Å². The van der Waals surface area contributed by atoms with Gasteiger partial charge in [-0.3, -0.25) is 14.6 Å². The summed E-state index contributed by atoms with van der Waals surface area (Å²) in [6, 6.07) is 10.7. The SMILES string of the molecule is CN(C)C1CCC(C(=O)Nc2c(C(=O)Nc3ccc(Cl)cc3)oc3cccnc23)CC1. The van der Waals surface area contributed by atoms with Crippen molar-refractivity contribution in [1.82, 2.24) is 9.88 Å². The number of fused-ring (bicyclic) bond motifs is 1. The summed E-state index contributed by atoms with van der Waals surface area (Å²) in [4.78, 5) is 32.5. The van der Waals surface area contributed by atoms with Crippen LogP contribution in [0.2, 0.25) is 5.02 Å². The lowest BCUT2D eigenvalue weighted by Crippen LogP contribution is -2.35. The Morgan fingerprint density at radius 3 is 2.45 bits per heavy atom. The van der Waals surface area contributed by atoms with Gasteiger partial charge in [-0.25, -0.2) is 0 Å². The first-order chi connectivity index (χ1) is 14.9. The number of pyridine rings is 1. The van der Waals surface area contributed by atoms with Crippen molar-refractivity contribution in [3.8, 4) is 0 Å². The number of hydrogen-bond acceptors (Lipinski definition) is 5. The van der Waals surface area contributed by atoms with E-state index in [2.05, 4.69) is 34.6 Å². The molecule has 1 fully saturated rings. The molecule has 0 saturated heterocycles. The summed E-state index contributed by atoms with van der Waals surface area (Å²) in [5.74, 6) is -0.644. The minimum atomic E-state index is -0.466. The van der Waals surface area contributed by atoms with Crippen LogP contribution in [0, 0.1) is 5.92 Å². The molecule has 0 bridgehead atoms. The summed E-state index contributed by atoms with van der Waals surface area (Å²) < 4.78 is 5.77. The Kier molecular flexibility index (Phi) is 6.25. The topological polar surface area (TPSA) is 87.5 Å². The van der Waals surface area contributed by atoms with Crippen molar-refractivity contribution in [2.24, 2.45) is 5.92 Å². The van der Waals surface area contributed by atoms with Gasteiger partial charge in [-0.1, -0.05) is 11.6 Å². The summed E-state index contributed by atoms with van der Waals surface area (Å²) >= 11 is 5.91. The third kappa shape index (κ3) is 4.73. The van der Waals surface area contributed by atoms with E-state index in [1.165, 1.54) is 0 Å². The molecule has 0 unspecified atom stereocenters. The molecule has 0 radical (unpaired) electrons. The smallest absolute Gasteiger partial charge is 0.293 e. The molecule has 2 N–H and O–H groups in total. The zero-order valence-corrected chi connectivity index (χ0v) is 18.3. The Morgan fingerprint density at radius 2 is 1.77 bits per heavy atom. The minimum absolute atomic E-state index is 0.0268. The van der Waals surface area contributed by atoms with Crippen LogP contribution < -0.4 is 10.6 Å². The molecular formula is C23H25ClN4O3. The fraction of sp³-hybridized carbons (Fsp3) is 0.348. The van der Waals surface area contributed by atoms with Gasteiger partial charge in [0.15, 0.2) is 5.58 Å². The predicted octanol–water partition coefficient (Wildman–Crippen LogP) is 4.79. The summed E-state index contributed by atoms with van der Waals surface area (Å²) in [5, 5.41) is 6.29. The van der Waals surface area contributed by atoms with Gasteiger partial charge in [0.2, 0.25) is 11.7 Å². The van der Waals surface area contributed by atoms with Crippen molar-refractivity contribution in [1.29, 1.82) is 0 Å². The van der Waals surface area contributed by atoms with Crippen LogP contribution in [0.4, 0.5) is 11.4 Å². The first kappa shape index (κ1) is 21.3. The van der Waals surface area contributed by atoms with Crippen LogP contribution >= 0.6 is 11.6 Å². The fourth-order valence-corrected chi connectivity index (χ4v) is 4.13. The van der Waals surface area contributed by atoms with Gasteiger partial charge in [-0.05, 0) is 76.2 Å². The normalized spacial score (nSPS) is 18.8. The van der Waals surface area contributed by atoms with E-state index < -0.39 is 5.91 Å². The Labute approximate surface area is 185 Å². The first-order valence-electron chi connectivity index (χ1n) is 10.3. The summed E-state index contributed by atoms with van der Waals surface area (Å²) in [7, 11) is 4.14. The summed E-state index contributed by atoms with van der Waals surface area (Å²) in [6.45, 7) is 0. The lowest BCUT2D eigenvalue weighted by molar-refractivity contribution is -0.121. The molecule has 1 aromatic carbocycles. The zero-order valence-electron chi connectivity index (χ0n) is 17.5. The molecule has 31 heavy (non-hydrogen) atoms. The predicted molar refractivity (Wildman–Crippen MR) is 121 cm³/mol. The summed E-state index contributed by atoms with van der Waals surface area (Å²) in [5.41, 5.74) is 1.78. The third-order valence-electron chi connectivity index (χ3n) is 5.80. The number of rotatable bonds is 5. The number of anilines is 2. The lowest BCUT2D eigenvalue weighted by atomic mass is 9.85. The Bertz CT molecular complexity index is 1090. The highest BCUT2D eigenvalue weighted by molar-refractivity contribution is 6.30. The second kappa shape index (κ2) is 9.08. The molecule has 1 saturated carbocycles. The number of benzene rings is 1. The maximum atomic E-state index is 13.0. The highest BCUT2D eigenvalue weighted by atomic mass is 35.5. The molecule has 2 amide bonds. The zero-order chi connectivity index (χ0) is 22.0. The maximum Gasteiger partial charge on any atom is 0.293 e.